The number of benzene rings is 1. The number of carboxylic acid groups (broad SMARTS) is 1. The van der Waals surface area contributed by atoms with Crippen LogP contribution in [0, 0.1) is 0 Å². The molecule has 156 valence electrons. The Kier molecular flexibility index (Phi) is 9.85. The Hall–Kier alpha value is -1.53. The van der Waals surface area contributed by atoms with Crippen molar-refractivity contribution in [3.8, 4) is 0 Å². The number of thioether (sulfide) groups is 1. The minimum Gasteiger partial charge on any atom is -0.478 e. The quantitative estimate of drug-likeness (QED) is 0.476. The molecule has 0 saturated carbocycles. The molecule has 2 rings (SSSR count). The van der Waals surface area contributed by atoms with Gasteiger partial charge >= 0.3 is 5.97 Å². The van der Waals surface area contributed by atoms with Gasteiger partial charge in [0.25, 0.3) is 0 Å². The Morgan fingerprint density at radius 1 is 1.18 bits per heavy atom. The molecule has 1 aromatic rings. The fourth-order valence-corrected chi connectivity index (χ4v) is 4.78. The molecule has 1 heterocycles. The number of aromatic carboxylic acids is 1. The molecule has 1 saturated heterocycles. The summed E-state index contributed by atoms with van der Waals surface area (Å²) in [6, 6.07) is 7.01. The van der Waals surface area contributed by atoms with Crippen molar-refractivity contribution in [1.29, 1.82) is 0 Å². The van der Waals surface area contributed by atoms with Gasteiger partial charge in [0.2, 0.25) is 5.91 Å². The molecule has 1 aromatic carbocycles. The lowest BCUT2D eigenvalue weighted by Crippen LogP contribution is -2.35. The van der Waals surface area contributed by atoms with Gasteiger partial charge in [0.05, 0.1) is 22.8 Å². The van der Waals surface area contributed by atoms with E-state index in [1.807, 2.05) is 17.0 Å². The van der Waals surface area contributed by atoms with Crippen LogP contribution in [0.25, 0.3) is 0 Å². The molecule has 2 unspecified atom stereocenters. The summed E-state index contributed by atoms with van der Waals surface area (Å²) in [4.78, 5) is 25.0. The van der Waals surface area contributed by atoms with E-state index in [-0.39, 0.29) is 17.4 Å². The third kappa shape index (κ3) is 7.47. The first-order valence-electron chi connectivity index (χ1n) is 10.4. The van der Waals surface area contributed by atoms with Gasteiger partial charge in [0.15, 0.2) is 0 Å². The Labute approximate surface area is 172 Å². The number of hydrogen-bond donors (Lipinski definition) is 2. The normalized spacial score (nSPS) is 17.9. The lowest BCUT2D eigenvalue weighted by molar-refractivity contribution is -0.128. The van der Waals surface area contributed by atoms with Crippen molar-refractivity contribution in [1.82, 2.24) is 4.90 Å². The number of hydrogen-bond acceptors (Lipinski definition) is 4. The van der Waals surface area contributed by atoms with Crippen LogP contribution in [-0.2, 0) is 11.2 Å². The van der Waals surface area contributed by atoms with E-state index in [4.69, 9.17) is 5.11 Å². The fourth-order valence-electron chi connectivity index (χ4n) is 3.54. The van der Waals surface area contributed by atoms with Crippen LogP contribution in [0.1, 0.15) is 74.2 Å². The highest BCUT2D eigenvalue weighted by atomic mass is 32.2. The van der Waals surface area contributed by atoms with Crippen molar-refractivity contribution in [2.24, 2.45) is 0 Å². The molecular weight excluding hydrogens is 374 g/mol. The highest BCUT2D eigenvalue weighted by Gasteiger charge is 2.31. The van der Waals surface area contributed by atoms with Crippen molar-refractivity contribution >= 4 is 23.6 Å². The summed E-state index contributed by atoms with van der Waals surface area (Å²) in [5.74, 6) is -0.195. The lowest BCUT2D eigenvalue weighted by Gasteiger charge is -2.25. The predicted molar refractivity (Wildman–Crippen MR) is 114 cm³/mol. The van der Waals surface area contributed by atoms with Crippen molar-refractivity contribution < 1.29 is 19.8 Å². The van der Waals surface area contributed by atoms with Crippen molar-refractivity contribution in [2.75, 3.05) is 12.3 Å². The Morgan fingerprint density at radius 3 is 2.61 bits per heavy atom. The van der Waals surface area contributed by atoms with E-state index in [1.165, 1.54) is 19.3 Å². The molecular formula is C22H33NO4S. The van der Waals surface area contributed by atoms with E-state index in [0.717, 1.165) is 37.7 Å². The topological polar surface area (TPSA) is 77.8 Å². The Bertz CT molecular complexity index is 619. The van der Waals surface area contributed by atoms with Gasteiger partial charge in [-0.25, -0.2) is 4.79 Å². The van der Waals surface area contributed by atoms with Gasteiger partial charge in [0.1, 0.15) is 0 Å². The van der Waals surface area contributed by atoms with Crippen LogP contribution in [0.3, 0.4) is 0 Å². The second-order valence-corrected chi connectivity index (χ2v) is 8.71. The summed E-state index contributed by atoms with van der Waals surface area (Å²) in [7, 11) is 0. The molecule has 2 atom stereocenters. The van der Waals surface area contributed by atoms with Crippen LogP contribution in [0.15, 0.2) is 24.3 Å². The first-order valence-corrected chi connectivity index (χ1v) is 11.5. The number of nitrogens with zero attached hydrogens (tertiary/aromatic N) is 1. The van der Waals surface area contributed by atoms with Crippen LogP contribution in [0.4, 0.5) is 0 Å². The van der Waals surface area contributed by atoms with Gasteiger partial charge in [-0.1, -0.05) is 44.7 Å². The fraction of sp³-hybridized carbons (Fsp3) is 0.636. The largest absolute Gasteiger partial charge is 0.478 e. The molecule has 0 bridgehead atoms. The van der Waals surface area contributed by atoms with Crippen molar-refractivity contribution in [2.45, 2.75) is 76.2 Å². The van der Waals surface area contributed by atoms with Crippen LogP contribution in [-0.4, -0.2) is 50.8 Å². The van der Waals surface area contributed by atoms with E-state index in [0.29, 0.717) is 24.3 Å². The second kappa shape index (κ2) is 12.1. The summed E-state index contributed by atoms with van der Waals surface area (Å²) in [6.45, 7) is 2.82. The molecule has 28 heavy (non-hydrogen) atoms. The van der Waals surface area contributed by atoms with E-state index < -0.39 is 5.97 Å². The van der Waals surface area contributed by atoms with Crippen LogP contribution >= 0.6 is 11.8 Å². The molecule has 0 radical (unpaired) electrons. The summed E-state index contributed by atoms with van der Waals surface area (Å²) in [5, 5.41) is 19.3. The van der Waals surface area contributed by atoms with Gasteiger partial charge in [-0.15, -0.1) is 11.8 Å². The maximum Gasteiger partial charge on any atom is 0.335 e. The minimum atomic E-state index is -0.907. The van der Waals surface area contributed by atoms with Crippen LogP contribution in [0.2, 0.25) is 0 Å². The van der Waals surface area contributed by atoms with Gasteiger partial charge in [-0.2, -0.15) is 0 Å². The maximum atomic E-state index is 12.2. The first kappa shape index (κ1) is 22.8. The number of amides is 1. The number of rotatable bonds is 13. The lowest BCUT2D eigenvalue weighted by atomic mass is 10.1. The Balaban J connectivity index is 1.71. The highest BCUT2D eigenvalue weighted by Crippen LogP contribution is 2.29. The SMILES string of the molecule is CCCCCCC(O)CCN1C(=O)CSC1CCCc1ccc(C(=O)O)cc1. The standard InChI is InChI=1S/C22H33NO4S/c1-2-3-4-5-8-19(24)14-15-23-20(25)16-28-21(23)9-6-7-17-10-12-18(13-11-17)22(26)27/h10-13,19,21,24H,2-9,14-16H2,1H3,(H,26,27). The zero-order valence-electron chi connectivity index (χ0n) is 16.8. The first-order chi connectivity index (χ1) is 13.5. The minimum absolute atomic E-state index is 0.180. The average molecular weight is 408 g/mol. The molecule has 2 N–H and O–H groups in total. The molecule has 1 fully saturated rings. The molecule has 5 nitrogen and oxygen atoms in total. The number of carboxylic acids is 1. The Morgan fingerprint density at radius 2 is 1.93 bits per heavy atom. The number of unbranched alkanes of at least 4 members (excludes halogenated alkanes) is 3. The average Bonchev–Trinajstić information content (AvgIpc) is 3.03. The monoisotopic (exact) mass is 407 g/mol. The van der Waals surface area contributed by atoms with Gasteiger partial charge < -0.3 is 15.1 Å². The van der Waals surface area contributed by atoms with E-state index >= 15 is 0 Å². The molecule has 0 aromatic heterocycles. The van der Waals surface area contributed by atoms with Gasteiger partial charge in [0, 0.05) is 6.54 Å². The number of aliphatic hydroxyl groups is 1. The second-order valence-electron chi connectivity index (χ2n) is 7.54. The summed E-state index contributed by atoms with van der Waals surface area (Å²) in [6.07, 6.45) is 8.55. The molecule has 0 spiro atoms. The summed E-state index contributed by atoms with van der Waals surface area (Å²) < 4.78 is 0. The number of carbonyl (C=O) groups is 2. The number of aliphatic hydroxyl groups excluding tert-OH is 1. The van der Waals surface area contributed by atoms with E-state index in [2.05, 4.69) is 6.92 Å². The van der Waals surface area contributed by atoms with Crippen LogP contribution in [0.5, 0.6) is 0 Å². The number of carbonyl (C=O) groups excluding carboxylic acids is 1. The predicted octanol–water partition coefficient (Wildman–Crippen LogP) is 4.33. The molecule has 1 aliphatic rings. The van der Waals surface area contributed by atoms with Crippen molar-refractivity contribution in [3.05, 3.63) is 35.4 Å². The van der Waals surface area contributed by atoms with Gasteiger partial charge in [-0.05, 0) is 49.8 Å². The van der Waals surface area contributed by atoms with Gasteiger partial charge in [-0.3, -0.25) is 4.79 Å². The molecule has 1 aliphatic heterocycles. The highest BCUT2D eigenvalue weighted by molar-refractivity contribution is 8.00. The summed E-state index contributed by atoms with van der Waals surface area (Å²) in [5.41, 5.74) is 1.42. The molecule has 6 heteroatoms. The maximum absolute atomic E-state index is 12.2. The number of aryl methyl sites for hydroxylation is 1. The third-order valence-electron chi connectivity index (χ3n) is 5.28. The van der Waals surface area contributed by atoms with Crippen molar-refractivity contribution in [3.63, 3.8) is 0 Å². The molecule has 1 amide bonds. The zero-order chi connectivity index (χ0) is 20.4. The molecule has 0 aliphatic carbocycles. The summed E-state index contributed by atoms with van der Waals surface area (Å²) >= 11 is 1.69. The van der Waals surface area contributed by atoms with Crippen LogP contribution < -0.4 is 0 Å². The smallest absolute Gasteiger partial charge is 0.335 e. The van der Waals surface area contributed by atoms with E-state index in [1.54, 1.807) is 23.9 Å². The zero-order valence-corrected chi connectivity index (χ0v) is 17.6. The third-order valence-corrected chi connectivity index (χ3v) is 6.57. The van der Waals surface area contributed by atoms with E-state index in [9.17, 15) is 14.7 Å².